The minimum Gasteiger partial charge on any atom is -0.326 e. The van der Waals surface area contributed by atoms with Crippen molar-refractivity contribution in [3.05, 3.63) is 131 Å². The van der Waals surface area contributed by atoms with Gasteiger partial charge in [-0.25, -0.2) is 4.90 Å². The van der Waals surface area contributed by atoms with Crippen molar-refractivity contribution in [2.45, 2.75) is 24.7 Å². The maximum atomic E-state index is 14.0. The van der Waals surface area contributed by atoms with Crippen LogP contribution in [0.2, 0.25) is 0 Å². The van der Waals surface area contributed by atoms with E-state index >= 15 is 0 Å². The van der Waals surface area contributed by atoms with Crippen LogP contribution in [-0.2, 0) is 20.8 Å². The van der Waals surface area contributed by atoms with Gasteiger partial charge in [-0.15, -0.1) is 0 Å². The van der Waals surface area contributed by atoms with Crippen LogP contribution in [-0.4, -0.2) is 17.7 Å². The van der Waals surface area contributed by atoms with Gasteiger partial charge in [0, 0.05) is 23.9 Å². The molecule has 1 fully saturated rings. The molecule has 186 valence electrons. The van der Waals surface area contributed by atoms with Gasteiger partial charge in [-0.1, -0.05) is 84.9 Å². The molecule has 38 heavy (non-hydrogen) atoms. The third kappa shape index (κ3) is 3.42. The van der Waals surface area contributed by atoms with Gasteiger partial charge in [0.1, 0.15) is 0 Å². The van der Waals surface area contributed by atoms with Crippen LogP contribution in [0.4, 0.5) is 11.4 Å². The maximum absolute atomic E-state index is 14.0. The summed E-state index contributed by atoms with van der Waals surface area (Å²) in [5, 5.41) is 2.94. The molecule has 2 bridgehead atoms. The Labute approximate surface area is 221 Å². The Balaban J connectivity index is 1.18. The third-order valence-corrected chi connectivity index (χ3v) is 8.32. The monoisotopic (exact) mass is 498 g/mol. The summed E-state index contributed by atoms with van der Waals surface area (Å²) < 4.78 is 0. The summed E-state index contributed by atoms with van der Waals surface area (Å²) in [5.74, 6) is -1.57. The highest BCUT2D eigenvalue weighted by Crippen LogP contribution is 2.61. The molecule has 3 amide bonds. The van der Waals surface area contributed by atoms with Gasteiger partial charge in [0.25, 0.3) is 0 Å². The molecular weight excluding hydrogens is 472 g/mol. The molecule has 1 aliphatic heterocycles. The van der Waals surface area contributed by atoms with E-state index in [0.29, 0.717) is 24.2 Å². The molecule has 0 radical (unpaired) electrons. The van der Waals surface area contributed by atoms with E-state index in [2.05, 4.69) is 29.6 Å². The number of hydrogen-bond donors (Lipinski definition) is 1. The standard InChI is InChI=1S/C33H26N2O3/c36-27(18-17-20-9-2-1-3-10-20)34-21-11-8-12-22(19-21)35-32(37)30-28-23-13-4-5-14-24(23)29(31(30)33(35)38)26-16-7-6-15-25(26)28/h1-16,19,28-31H,17-18H2,(H,34,36)/t28?,29?,30-,31+. The second-order valence-corrected chi connectivity index (χ2v) is 10.4. The van der Waals surface area contributed by atoms with E-state index in [1.54, 1.807) is 24.3 Å². The smallest absolute Gasteiger partial charge is 0.238 e. The summed E-state index contributed by atoms with van der Waals surface area (Å²) >= 11 is 0. The highest BCUT2D eigenvalue weighted by atomic mass is 16.2. The first-order valence-electron chi connectivity index (χ1n) is 13.1. The van der Waals surface area contributed by atoms with Gasteiger partial charge >= 0.3 is 0 Å². The van der Waals surface area contributed by atoms with Crippen LogP contribution in [0.25, 0.3) is 0 Å². The second kappa shape index (κ2) is 8.80. The fraction of sp³-hybridized carbons (Fsp3) is 0.182. The summed E-state index contributed by atoms with van der Waals surface area (Å²) in [6.07, 6.45) is 0.989. The Bertz CT molecular complexity index is 1480. The normalized spacial score (nSPS) is 22.6. The topological polar surface area (TPSA) is 66.5 Å². The fourth-order valence-corrected chi connectivity index (χ4v) is 6.78. The average Bonchev–Trinajstić information content (AvgIpc) is 3.23. The molecule has 1 saturated heterocycles. The number of benzene rings is 4. The quantitative estimate of drug-likeness (QED) is 0.362. The van der Waals surface area contributed by atoms with E-state index in [1.165, 1.54) is 4.90 Å². The number of rotatable bonds is 5. The minimum absolute atomic E-state index is 0.109. The number of nitrogens with one attached hydrogen (secondary N) is 1. The van der Waals surface area contributed by atoms with E-state index in [9.17, 15) is 14.4 Å². The van der Waals surface area contributed by atoms with Crippen molar-refractivity contribution in [1.82, 2.24) is 0 Å². The number of nitrogens with zero attached hydrogens (tertiary/aromatic N) is 1. The number of anilines is 2. The second-order valence-electron chi connectivity index (χ2n) is 10.4. The van der Waals surface area contributed by atoms with Crippen LogP contribution >= 0.6 is 0 Å². The lowest BCUT2D eigenvalue weighted by Gasteiger charge is -2.45. The van der Waals surface area contributed by atoms with Crippen molar-refractivity contribution in [1.29, 1.82) is 0 Å². The number of carbonyl (C=O) groups is 3. The molecule has 0 spiro atoms. The highest BCUT2D eigenvalue weighted by Gasteiger charge is 2.61. The Kier molecular flexibility index (Phi) is 5.25. The van der Waals surface area contributed by atoms with Crippen molar-refractivity contribution in [2.24, 2.45) is 11.8 Å². The molecule has 4 aliphatic rings. The fourth-order valence-electron chi connectivity index (χ4n) is 6.78. The Morgan fingerprint density at radius 2 is 1.18 bits per heavy atom. The largest absolute Gasteiger partial charge is 0.326 e. The van der Waals surface area contributed by atoms with E-state index in [1.807, 2.05) is 54.6 Å². The van der Waals surface area contributed by atoms with Gasteiger partial charge in [-0.3, -0.25) is 14.4 Å². The molecule has 1 N–H and O–H groups in total. The number of carbonyl (C=O) groups excluding carboxylic acids is 3. The summed E-state index contributed by atoms with van der Waals surface area (Å²) in [6.45, 7) is 0. The van der Waals surface area contributed by atoms with Crippen LogP contribution < -0.4 is 10.2 Å². The average molecular weight is 499 g/mol. The maximum Gasteiger partial charge on any atom is 0.238 e. The van der Waals surface area contributed by atoms with Crippen molar-refractivity contribution in [3.8, 4) is 0 Å². The van der Waals surface area contributed by atoms with Gasteiger partial charge in [0.05, 0.1) is 17.5 Å². The molecule has 4 aromatic rings. The molecule has 0 aromatic heterocycles. The van der Waals surface area contributed by atoms with Gasteiger partial charge in [-0.2, -0.15) is 0 Å². The summed E-state index contributed by atoms with van der Waals surface area (Å²) in [4.78, 5) is 41.9. The summed E-state index contributed by atoms with van der Waals surface area (Å²) in [5.41, 5.74) is 6.79. The van der Waals surface area contributed by atoms with Crippen LogP contribution in [0.15, 0.2) is 103 Å². The molecule has 1 heterocycles. The zero-order chi connectivity index (χ0) is 25.8. The Morgan fingerprint density at radius 1 is 0.658 bits per heavy atom. The van der Waals surface area contributed by atoms with Gasteiger partial charge in [0.15, 0.2) is 0 Å². The van der Waals surface area contributed by atoms with Crippen LogP contribution in [0.1, 0.15) is 46.1 Å². The first-order chi connectivity index (χ1) is 18.6. The predicted octanol–water partition coefficient (Wildman–Crippen LogP) is 5.65. The molecule has 3 aliphatic carbocycles. The lowest BCUT2D eigenvalue weighted by atomic mass is 9.55. The van der Waals surface area contributed by atoms with Crippen LogP contribution in [0.5, 0.6) is 0 Å². The molecule has 5 heteroatoms. The van der Waals surface area contributed by atoms with Gasteiger partial charge < -0.3 is 5.32 Å². The van der Waals surface area contributed by atoms with Crippen molar-refractivity contribution in [3.63, 3.8) is 0 Å². The Hall–Kier alpha value is -4.51. The Morgan fingerprint density at radius 3 is 1.74 bits per heavy atom. The van der Waals surface area contributed by atoms with E-state index in [0.717, 1.165) is 27.8 Å². The third-order valence-electron chi connectivity index (χ3n) is 8.32. The molecular formula is C33H26N2O3. The zero-order valence-corrected chi connectivity index (χ0v) is 20.7. The van der Waals surface area contributed by atoms with Gasteiger partial charge in [0.2, 0.25) is 17.7 Å². The number of aryl methyl sites for hydroxylation is 1. The van der Waals surface area contributed by atoms with Crippen molar-refractivity contribution in [2.75, 3.05) is 10.2 Å². The van der Waals surface area contributed by atoms with E-state index in [4.69, 9.17) is 0 Å². The molecule has 8 rings (SSSR count). The minimum atomic E-state index is -0.429. The first-order valence-corrected chi connectivity index (χ1v) is 13.1. The molecule has 2 atom stereocenters. The van der Waals surface area contributed by atoms with E-state index < -0.39 is 11.8 Å². The zero-order valence-electron chi connectivity index (χ0n) is 20.7. The SMILES string of the molecule is O=C(CCc1ccccc1)Nc1cccc(N2C(=O)[C@@H]3C4c5ccccc5C(c5ccccc54)[C@@H]3C2=O)c1. The number of imide groups is 1. The first kappa shape index (κ1) is 22.7. The molecule has 5 nitrogen and oxygen atoms in total. The lowest BCUT2D eigenvalue weighted by Crippen LogP contribution is -2.41. The van der Waals surface area contributed by atoms with Crippen molar-refractivity contribution >= 4 is 29.1 Å². The molecule has 0 saturated carbocycles. The predicted molar refractivity (Wildman–Crippen MR) is 146 cm³/mol. The summed E-state index contributed by atoms with van der Waals surface area (Å²) in [6, 6.07) is 33.4. The van der Waals surface area contributed by atoms with Gasteiger partial charge in [-0.05, 0) is 52.4 Å². The van der Waals surface area contributed by atoms with Crippen molar-refractivity contribution < 1.29 is 14.4 Å². The molecule has 4 aromatic carbocycles. The highest BCUT2D eigenvalue weighted by molar-refractivity contribution is 6.23. The van der Waals surface area contributed by atoms with E-state index in [-0.39, 0.29) is 29.6 Å². The molecule has 0 unspecified atom stereocenters. The van der Waals surface area contributed by atoms with Crippen LogP contribution in [0.3, 0.4) is 0 Å². The number of amides is 3. The lowest BCUT2D eigenvalue weighted by molar-refractivity contribution is -0.122. The summed E-state index contributed by atoms with van der Waals surface area (Å²) in [7, 11) is 0. The number of hydrogen-bond acceptors (Lipinski definition) is 3. The van der Waals surface area contributed by atoms with Crippen LogP contribution in [0, 0.1) is 11.8 Å².